The molecule has 94 valence electrons. The lowest BCUT2D eigenvalue weighted by atomic mass is 10.1. The lowest BCUT2D eigenvalue weighted by molar-refractivity contribution is -0.145. The molecule has 0 aliphatic carbocycles. The highest BCUT2D eigenvalue weighted by Crippen LogP contribution is 2.15. The van der Waals surface area contributed by atoms with Crippen molar-refractivity contribution in [3.63, 3.8) is 0 Å². The maximum absolute atomic E-state index is 11.4. The Balaban J connectivity index is 2.58. The van der Waals surface area contributed by atoms with E-state index in [1.165, 1.54) is 0 Å². The second-order valence-electron chi connectivity index (χ2n) is 4.00. The van der Waals surface area contributed by atoms with Gasteiger partial charge in [-0.25, -0.2) is 0 Å². The summed E-state index contributed by atoms with van der Waals surface area (Å²) in [6.07, 6.45) is 0. The average molecular weight is 236 g/mol. The molecule has 0 radical (unpaired) electrons. The van der Waals surface area contributed by atoms with E-state index >= 15 is 0 Å². The van der Waals surface area contributed by atoms with Gasteiger partial charge in [0.1, 0.15) is 6.04 Å². The van der Waals surface area contributed by atoms with Crippen molar-refractivity contribution >= 4 is 11.7 Å². The first kappa shape index (κ1) is 13.5. The third kappa shape index (κ3) is 3.75. The number of rotatable bonds is 5. The van der Waals surface area contributed by atoms with Gasteiger partial charge in [-0.1, -0.05) is 12.1 Å². The maximum Gasteiger partial charge on any atom is 0.322 e. The molecular weight excluding hydrogens is 216 g/mol. The summed E-state index contributed by atoms with van der Waals surface area (Å²) < 4.78 is 4.92. The smallest absolute Gasteiger partial charge is 0.322 e. The molecular formula is C13H20N2O2. The summed E-state index contributed by atoms with van der Waals surface area (Å²) in [7, 11) is 0. The van der Waals surface area contributed by atoms with Gasteiger partial charge in [-0.3, -0.25) is 4.79 Å². The van der Waals surface area contributed by atoms with Crippen LogP contribution >= 0.6 is 0 Å². The summed E-state index contributed by atoms with van der Waals surface area (Å²) in [6, 6.07) is 5.46. The van der Waals surface area contributed by atoms with Crippen molar-refractivity contribution < 1.29 is 9.53 Å². The number of anilines is 1. The van der Waals surface area contributed by atoms with Crippen LogP contribution in [0.4, 0.5) is 5.69 Å². The van der Waals surface area contributed by atoms with E-state index < -0.39 is 0 Å². The zero-order valence-electron chi connectivity index (χ0n) is 10.6. The van der Waals surface area contributed by atoms with Gasteiger partial charge in [0.05, 0.1) is 6.61 Å². The number of carbonyl (C=O) groups excluding carboxylic acids is 1. The first-order valence-corrected chi connectivity index (χ1v) is 5.80. The number of nitrogens with one attached hydrogen (secondary N) is 1. The fourth-order valence-electron chi connectivity index (χ4n) is 1.57. The van der Waals surface area contributed by atoms with Gasteiger partial charge in [0.2, 0.25) is 0 Å². The molecule has 1 aromatic carbocycles. The van der Waals surface area contributed by atoms with Crippen LogP contribution in [0.3, 0.4) is 0 Å². The minimum atomic E-state index is -0.325. The number of hydrogen-bond donors (Lipinski definition) is 2. The van der Waals surface area contributed by atoms with E-state index in [0.29, 0.717) is 13.2 Å². The largest absolute Gasteiger partial charge is 0.465 e. The fraction of sp³-hybridized carbons (Fsp3) is 0.462. The van der Waals surface area contributed by atoms with Crippen molar-refractivity contribution in [2.75, 3.05) is 12.3 Å². The molecule has 3 N–H and O–H groups in total. The molecule has 17 heavy (non-hydrogen) atoms. The van der Waals surface area contributed by atoms with Gasteiger partial charge in [0.25, 0.3) is 0 Å². The van der Waals surface area contributed by atoms with E-state index in [1.54, 1.807) is 13.8 Å². The van der Waals surface area contributed by atoms with Crippen LogP contribution in [0.1, 0.15) is 25.0 Å². The molecule has 0 saturated carbocycles. The second-order valence-corrected chi connectivity index (χ2v) is 4.00. The van der Waals surface area contributed by atoms with E-state index in [9.17, 15) is 4.79 Å². The SMILES string of the molecule is CCOC(=O)[C@@H](C)NCc1c(C)cccc1N. The quantitative estimate of drug-likeness (QED) is 0.602. The molecule has 0 unspecified atom stereocenters. The Labute approximate surface area is 102 Å². The Hall–Kier alpha value is -1.55. The van der Waals surface area contributed by atoms with Gasteiger partial charge in [0.15, 0.2) is 0 Å². The third-order valence-corrected chi connectivity index (χ3v) is 2.67. The number of nitrogen functional groups attached to an aromatic ring is 1. The topological polar surface area (TPSA) is 64.3 Å². The highest BCUT2D eigenvalue weighted by molar-refractivity contribution is 5.75. The fourth-order valence-corrected chi connectivity index (χ4v) is 1.57. The summed E-state index contributed by atoms with van der Waals surface area (Å²) in [5.74, 6) is -0.236. The number of hydrogen-bond acceptors (Lipinski definition) is 4. The summed E-state index contributed by atoms with van der Waals surface area (Å²) in [5.41, 5.74) is 8.78. The summed E-state index contributed by atoms with van der Waals surface area (Å²) in [4.78, 5) is 11.4. The van der Waals surface area contributed by atoms with Crippen molar-refractivity contribution in [2.24, 2.45) is 0 Å². The maximum atomic E-state index is 11.4. The zero-order chi connectivity index (χ0) is 12.8. The van der Waals surface area contributed by atoms with Gasteiger partial charge in [-0.2, -0.15) is 0 Å². The van der Waals surface area contributed by atoms with Crippen LogP contribution < -0.4 is 11.1 Å². The van der Waals surface area contributed by atoms with Crippen molar-refractivity contribution in [2.45, 2.75) is 33.4 Å². The molecule has 0 heterocycles. The predicted octanol–water partition coefficient (Wildman–Crippen LogP) is 1.62. The van der Waals surface area contributed by atoms with Gasteiger partial charge < -0.3 is 15.8 Å². The highest BCUT2D eigenvalue weighted by atomic mass is 16.5. The van der Waals surface area contributed by atoms with Crippen LogP contribution in [0.15, 0.2) is 18.2 Å². The summed E-state index contributed by atoms with van der Waals surface area (Å²) >= 11 is 0. The van der Waals surface area contributed by atoms with E-state index in [1.807, 2.05) is 25.1 Å². The molecule has 1 rings (SSSR count). The molecule has 0 bridgehead atoms. The standard InChI is InChI=1S/C13H20N2O2/c1-4-17-13(16)10(3)15-8-11-9(2)6-5-7-12(11)14/h5-7,10,15H,4,8,14H2,1-3H3/t10-/m1/s1. The molecule has 4 nitrogen and oxygen atoms in total. The molecule has 4 heteroatoms. The van der Waals surface area contributed by atoms with Crippen LogP contribution in [-0.2, 0) is 16.1 Å². The molecule has 0 amide bonds. The molecule has 0 aromatic heterocycles. The lowest BCUT2D eigenvalue weighted by Crippen LogP contribution is -2.35. The first-order chi connectivity index (χ1) is 8.06. The van der Waals surface area contributed by atoms with E-state index in [0.717, 1.165) is 16.8 Å². The number of aryl methyl sites for hydroxylation is 1. The molecule has 0 fully saturated rings. The molecule has 1 atom stereocenters. The number of carbonyl (C=O) groups is 1. The van der Waals surface area contributed by atoms with Gasteiger partial charge >= 0.3 is 5.97 Å². The zero-order valence-corrected chi connectivity index (χ0v) is 10.6. The van der Waals surface area contributed by atoms with Crippen LogP contribution in [0.25, 0.3) is 0 Å². The Morgan fingerprint density at radius 2 is 2.24 bits per heavy atom. The van der Waals surface area contributed by atoms with Crippen LogP contribution in [0.5, 0.6) is 0 Å². The molecule has 0 spiro atoms. The Kier molecular flexibility index (Phi) is 4.97. The highest BCUT2D eigenvalue weighted by Gasteiger charge is 2.13. The van der Waals surface area contributed by atoms with Crippen molar-refractivity contribution in [3.8, 4) is 0 Å². The van der Waals surface area contributed by atoms with Gasteiger partial charge in [-0.05, 0) is 38.0 Å². The van der Waals surface area contributed by atoms with E-state index in [4.69, 9.17) is 10.5 Å². The summed E-state index contributed by atoms with van der Waals surface area (Å²) in [6.45, 7) is 6.55. The van der Waals surface area contributed by atoms with Gasteiger partial charge in [0, 0.05) is 12.2 Å². The minimum Gasteiger partial charge on any atom is -0.465 e. The molecule has 1 aromatic rings. The number of benzene rings is 1. The van der Waals surface area contributed by atoms with E-state index in [2.05, 4.69) is 5.32 Å². The number of ether oxygens (including phenoxy) is 1. The van der Waals surface area contributed by atoms with Crippen molar-refractivity contribution in [1.82, 2.24) is 5.32 Å². The first-order valence-electron chi connectivity index (χ1n) is 5.80. The number of nitrogens with two attached hydrogens (primary N) is 1. The molecule has 0 aliphatic rings. The van der Waals surface area contributed by atoms with E-state index in [-0.39, 0.29) is 12.0 Å². The van der Waals surface area contributed by atoms with Crippen molar-refractivity contribution in [1.29, 1.82) is 0 Å². The average Bonchev–Trinajstić information content (AvgIpc) is 2.28. The monoisotopic (exact) mass is 236 g/mol. The third-order valence-electron chi connectivity index (χ3n) is 2.67. The Morgan fingerprint density at radius 3 is 2.82 bits per heavy atom. The normalized spacial score (nSPS) is 12.2. The van der Waals surface area contributed by atoms with Crippen LogP contribution in [0.2, 0.25) is 0 Å². The van der Waals surface area contributed by atoms with Crippen molar-refractivity contribution in [3.05, 3.63) is 29.3 Å². The summed E-state index contributed by atoms with van der Waals surface area (Å²) in [5, 5.41) is 3.11. The predicted molar refractivity (Wildman–Crippen MR) is 68.5 cm³/mol. The second kappa shape index (κ2) is 6.25. The minimum absolute atomic E-state index is 0.236. The number of esters is 1. The van der Waals surface area contributed by atoms with Gasteiger partial charge in [-0.15, -0.1) is 0 Å². The van der Waals surface area contributed by atoms with Crippen LogP contribution in [-0.4, -0.2) is 18.6 Å². The lowest BCUT2D eigenvalue weighted by Gasteiger charge is -2.15. The molecule has 0 saturated heterocycles. The Morgan fingerprint density at radius 1 is 1.53 bits per heavy atom. The Bertz CT molecular complexity index is 371. The van der Waals surface area contributed by atoms with Crippen LogP contribution in [0, 0.1) is 6.92 Å². The molecule has 0 aliphatic heterocycles.